The van der Waals surface area contributed by atoms with Crippen molar-refractivity contribution in [1.82, 2.24) is 0 Å². The zero-order valence-electron chi connectivity index (χ0n) is 12.0. The van der Waals surface area contributed by atoms with Gasteiger partial charge in [-0.2, -0.15) is 24.6 Å². The maximum absolute atomic E-state index is 3.84. The molecule has 1 rings (SSSR count). The number of unbranched alkanes of at least 4 members (excludes halogenated alkanes) is 9. The minimum absolute atomic E-state index is 0. The maximum Gasteiger partial charge on any atom is 2.00 e. The molecule has 0 aliphatic rings. The van der Waals surface area contributed by atoms with Gasteiger partial charge in [-0.05, 0) is 0 Å². The van der Waals surface area contributed by atoms with Crippen LogP contribution in [0.25, 0.3) is 0 Å². The number of hydrogen-bond donors (Lipinski definition) is 0. The van der Waals surface area contributed by atoms with Crippen LogP contribution in [0.2, 0.25) is 0 Å². The topological polar surface area (TPSA) is 0 Å². The van der Waals surface area contributed by atoms with Crippen molar-refractivity contribution in [3.8, 4) is 0 Å². The third-order valence-corrected chi connectivity index (χ3v) is 2.91. The quantitative estimate of drug-likeness (QED) is 0.291. The Morgan fingerprint density at radius 2 is 1.22 bits per heavy atom. The Kier molecular flexibility index (Phi) is 21.6. The van der Waals surface area contributed by atoms with E-state index in [0.717, 1.165) is 6.42 Å². The average molecular weight is 289 g/mol. The molecule has 0 saturated heterocycles. The molecule has 0 unspecified atom stereocenters. The number of rotatable bonds is 9. The summed E-state index contributed by atoms with van der Waals surface area (Å²) in [5.41, 5.74) is 0. The van der Waals surface area contributed by atoms with Gasteiger partial charge in [0.2, 0.25) is 0 Å². The van der Waals surface area contributed by atoms with Crippen molar-refractivity contribution in [2.75, 3.05) is 0 Å². The summed E-state index contributed by atoms with van der Waals surface area (Å²) in [5.74, 6) is 0. The van der Waals surface area contributed by atoms with Gasteiger partial charge in [-0.25, -0.2) is 12.1 Å². The van der Waals surface area contributed by atoms with E-state index in [4.69, 9.17) is 0 Å². The fraction of sp³-hybridized carbons (Fsp3) is 0.647. The fourth-order valence-corrected chi connectivity index (χ4v) is 1.81. The molecule has 0 nitrogen and oxygen atoms in total. The van der Waals surface area contributed by atoms with E-state index in [-0.39, 0.29) is 17.1 Å². The fourth-order valence-electron chi connectivity index (χ4n) is 1.81. The van der Waals surface area contributed by atoms with Gasteiger partial charge in [-0.15, -0.1) is 0 Å². The van der Waals surface area contributed by atoms with Crippen molar-refractivity contribution in [2.24, 2.45) is 0 Å². The van der Waals surface area contributed by atoms with Crippen LogP contribution in [0.3, 0.4) is 0 Å². The smallest absolute Gasteiger partial charge is 0.343 e. The van der Waals surface area contributed by atoms with Gasteiger partial charge in [-0.1, -0.05) is 64.7 Å². The molecule has 0 fully saturated rings. The van der Waals surface area contributed by atoms with Crippen LogP contribution in [0.5, 0.6) is 0 Å². The SMILES string of the molecule is [CH2-]CCCCCCCCCCC.[Mn+2].c1cc[cH-]c1. The molecule has 1 radical (unpaired) electrons. The number of hydrogen-bond acceptors (Lipinski definition) is 0. The first kappa shape index (κ1) is 20.2. The van der Waals surface area contributed by atoms with Crippen LogP contribution in [0.15, 0.2) is 30.3 Å². The Balaban J connectivity index is 0. The monoisotopic (exact) mass is 289 g/mol. The van der Waals surface area contributed by atoms with Gasteiger partial charge in [0.15, 0.2) is 0 Å². The molecule has 18 heavy (non-hydrogen) atoms. The van der Waals surface area contributed by atoms with Crippen LogP contribution in [-0.2, 0) is 17.1 Å². The van der Waals surface area contributed by atoms with E-state index in [1.54, 1.807) is 0 Å². The zero-order chi connectivity index (χ0) is 12.6. The van der Waals surface area contributed by atoms with Crippen LogP contribution in [0.1, 0.15) is 71.1 Å². The molecule has 0 amide bonds. The standard InChI is InChI=1S/C12H25.C5H5.Mn/c1-3-5-7-9-11-12-10-8-6-4-2;1-2-4-5-3-1;/h1,3-12H2,2H3;1-5H;/q2*-1;+2. The second-order valence-electron chi connectivity index (χ2n) is 4.64. The van der Waals surface area contributed by atoms with Crippen molar-refractivity contribution in [2.45, 2.75) is 71.1 Å². The molecule has 1 aromatic carbocycles. The summed E-state index contributed by atoms with van der Waals surface area (Å²) in [5, 5.41) is 0. The van der Waals surface area contributed by atoms with Crippen LogP contribution in [0, 0.1) is 6.92 Å². The van der Waals surface area contributed by atoms with E-state index < -0.39 is 0 Å². The molecule has 0 spiro atoms. The Bertz CT molecular complexity index is 164. The third kappa shape index (κ3) is 18.2. The summed E-state index contributed by atoms with van der Waals surface area (Å²) in [4.78, 5) is 0. The van der Waals surface area contributed by atoms with Crippen LogP contribution in [-0.4, -0.2) is 0 Å². The predicted molar refractivity (Wildman–Crippen MR) is 79.2 cm³/mol. The van der Waals surface area contributed by atoms with Gasteiger partial charge in [0.1, 0.15) is 0 Å². The van der Waals surface area contributed by atoms with Gasteiger partial charge in [0, 0.05) is 0 Å². The molecule has 0 bridgehead atoms. The van der Waals surface area contributed by atoms with Crippen LogP contribution < -0.4 is 0 Å². The molecule has 0 N–H and O–H groups in total. The van der Waals surface area contributed by atoms with Crippen molar-refractivity contribution >= 4 is 0 Å². The Morgan fingerprint density at radius 1 is 0.778 bits per heavy atom. The zero-order valence-corrected chi connectivity index (χ0v) is 13.2. The van der Waals surface area contributed by atoms with Crippen molar-refractivity contribution in [1.29, 1.82) is 0 Å². The summed E-state index contributed by atoms with van der Waals surface area (Å²) >= 11 is 0. The predicted octanol–water partition coefficient (Wildman–Crippen LogP) is 6.14. The Hall–Kier alpha value is -0.131. The molecule has 0 atom stereocenters. The minimum Gasteiger partial charge on any atom is -0.343 e. The summed E-state index contributed by atoms with van der Waals surface area (Å²) in [6.07, 6.45) is 13.9. The molecule has 1 aromatic rings. The first-order valence-corrected chi connectivity index (χ1v) is 7.37. The van der Waals surface area contributed by atoms with E-state index in [9.17, 15) is 0 Å². The molecule has 0 saturated carbocycles. The first-order valence-electron chi connectivity index (χ1n) is 7.37. The van der Waals surface area contributed by atoms with E-state index >= 15 is 0 Å². The molecule has 0 heterocycles. The molecular weight excluding hydrogens is 259 g/mol. The minimum atomic E-state index is 0. The molecule has 105 valence electrons. The summed E-state index contributed by atoms with van der Waals surface area (Å²) in [6.45, 7) is 6.12. The molecule has 0 aliphatic carbocycles. The third-order valence-electron chi connectivity index (χ3n) is 2.91. The second-order valence-corrected chi connectivity index (χ2v) is 4.64. The van der Waals surface area contributed by atoms with Crippen LogP contribution >= 0.6 is 0 Å². The Labute approximate surface area is 125 Å². The summed E-state index contributed by atoms with van der Waals surface area (Å²) < 4.78 is 0. The van der Waals surface area contributed by atoms with Crippen molar-refractivity contribution in [3.63, 3.8) is 0 Å². The molecular formula is C17H30Mn. The van der Waals surface area contributed by atoms with E-state index in [2.05, 4.69) is 13.8 Å². The van der Waals surface area contributed by atoms with Gasteiger partial charge in [0.05, 0.1) is 0 Å². The van der Waals surface area contributed by atoms with Crippen molar-refractivity contribution in [3.05, 3.63) is 37.3 Å². The van der Waals surface area contributed by atoms with Crippen molar-refractivity contribution < 1.29 is 17.1 Å². The van der Waals surface area contributed by atoms with E-state index in [1.165, 1.54) is 57.8 Å². The Morgan fingerprint density at radius 3 is 1.56 bits per heavy atom. The summed E-state index contributed by atoms with van der Waals surface area (Å²) in [6, 6.07) is 10.0. The molecule has 1 heteroatoms. The molecule has 0 aliphatic heterocycles. The normalized spacial score (nSPS) is 9.22. The second kappa shape index (κ2) is 19.2. The largest absolute Gasteiger partial charge is 2.00 e. The summed E-state index contributed by atoms with van der Waals surface area (Å²) in [7, 11) is 0. The maximum atomic E-state index is 3.84. The van der Waals surface area contributed by atoms with E-state index in [0.29, 0.717) is 0 Å². The van der Waals surface area contributed by atoms with Gasteiger partial charge in [-0.3, -0.25) is 0 Å². The first-order chi connectivity index (χ1) is 8.41. The molecule has 0 aromatic heterocycles. The van der Waals surface area contributed by atoms with Gasteiger partial charge < -0.3 is 6.92 Å². The average Bonchev–Trinajstić information content (AvgIpc) is 2.92. The van der Waals surface area contributed by atoms with Gasteiger partial charge >= 0.3 is 17.1 Å². The van der Waals surface area contributed by atoms with Crippen LogP contribution in [0.4, 0.5) is 0 Å². The van der Waals surface area contributed by atoms with Gasteiger partial charge in [0.25, 0.3) is 0 Å². The van der Waals surface area contributed by atoms with E-state index in [1.807, 2.05) is 30.3 Å².